The molecule has 0 saturated carbocycles. The number of carbonyl (C=O) groups excluding carboxylic acids is 3. The first-order valence-electron chi connectivity index (χ1n) is 11.5. The lowest BCUT2D eigenvalue weighted by Gasteiger charge is -2.35. The molecule has 1 N–H and O–H groups in total. The van der Waals surface area contributed by atoms with Crippen molar-refractivity contribution in [3.05, 3.63) is 59.7 Å². The SMILES string of the molecule is COc1ccc(C2(c3ccc(OC)cc3)NC(=O)N(CC(=O)N3CC(C)CC(C)C3)C2=O)cc1. The summed E-state index contributed by atoms with van der Waals surface area (Å²) in [7, 11) is 3.12. The monoisotopic (exact) mass is 465 g/mol. The Kier molecular flexibility index (Phi) is 6.50. The summed E-state index contributed by atoms with van der Waals surface area (Å²) in [6, 6.07) is 13.4. The molecule has 0 spiro atoms. The van der Waals surface area contributed by atoms with Gasteiger partial charge in [-0.1, -0.05) is 38.1 Å². The smallest absolute Gasteiger partial charge is 0.326 e. The summed E-state index contributed by atoms with van der Waals surface area (Å²) in [6.07, 6.45) is 1.06. The maximum atomic E-state index is 13.9. The van der Waals surface area contributed by atoms with Crippen LogP contribution in [0.1, 0.15) is 31.4 Å². The summed E-state index contributed by atoms with van der Waals surface area (Å²) >= 11 is 0. The Balaban J connectivity index is 1.68. The number of benzene rings is 2. The van der Waals surface area contributed by atoms with Gasteiger partial charge in [-0.15, -0.1) is 0 Å². The summed E-state index contributed by atoms with van der Waals surface area (Å²) in [5.74, 6) is 1.32. The van der Waals surface area contributed by atoms with Gasteiger partial charge in [0, 0.05) is 13.1 Å². The van der Waals surface area contributed by atoms with Gasteiger partial charge in [-0.3, -0.25) is 14.5 Å². The molecule has 2 aliphatic heterocycles. The average Bonchev–Trinajstić information content (AvgIpc) is 3.09. The van der Waals surface area contributed by atoms with E-state index in [2.05, 4.69) is 19.2 Å². The van der Waals surface area contributed by atoms with Gasteiger partial charge in [-0.25, -0.2) is 4.79 Å². The van der Waals surface area contributed by atoms with Crippen LogP contribution in [0.5, 0.6) is 11.5 Å². The van der Waals surface area contributed by atoms with E-state index in [9.17, 15) is 14.4 Å². The number of urea groups is 1. The summed E-state index contributed by atoms with van der Waals surface area (Å²) in [4.78, 5) is 42.9. The number of nitrogens with one attached hydrogen (secondary N) is 1. The topological polar surface area (TPSA) is 88.2 Å². The molecule has 4 amide bonds. The Bertz CT molecular complexity index is 1010. The summed E-state index contributed by atoms with van der Waals surface area (Å²) in [5.41, 5.74) is -0.308. The number of ether oxygens (including phenoxy) is 2. The van der Waals surface area contributed by atoms with Crippen LogP contribution in [0.2, 0.25) is 0 Å². The lowest BCUT2D eigenvalue weighted by Crippen LogP contribution is -2.49. The number of methoxy groups -OCH3 is 2. The third-order valence-corrected chi connectivity index (χ3v) is 6.67. The maximum Gasteiger partial charge on any atom is 0.326 e. The molecule has 2 atom stereocenters. The number of piperidine rings is 1. The number of carbonyl (C=O) groups is 3. The molecule has 2 saturated heterocycles. The Labute approximate surface area is 199 Å². The number of likely N-dealkylation sites (tertiary alicyclic amines) is 1. The predicted molar refractivity (Wildman–Crippen MR) is 127 cm³/mol. The Morgan fingerprint density at radius 3 is 1.82 bits per heavy atom. The van der Waals surface area contributed by atoms with Gasteiger partial charge in [-0.2, -0.15) is 0 Å². The maximum absolute atomic E-state index is 13.9. The summed E-state index contributed by atoms with van der Waals surface area (Å²) in [5, 5.41) is 2.89. The number of hydrogen-bond donors (Lipinski definition) is 1. The van der Waals surface area contributed by atoms with E-state index in [0.29, 0.717) is 47.6 Å². The third kappa shape index (κ3) is 4.20. The normalized spacial score (nSPS) is 21.9. The fraction of sp³-hybridized carbons (Fsp3) is 0.423. The quantitative estimate of drug-likeness (QED) is 0.663. The second-order valence-electron chi connectivity index (χ2n) is 9.27. The fourth-order valence-electron chi connectivity index (χ4n) is 5.06. The lowest BCUT2D eigenvalue weighted by atomic mass is 9.82. The molecule has 4 rings (SSSR count). The van der Waals surface area contributed by atoms with Crippen LogP contribution in [0.4, 0.5) is 4.79 Å². The number of amides is 4. The van der Waals surface area contributed by atoms with Crippen LogP contribution < -0.4 is 14.8 Å². The Hall–Kier alpha value is -3.55. The molecule has 2 heterocycles. The van der Waals surface area contributed by atoms with Crippen molar-refractivity contribution in [2.45, 2.75) is 25.8 Å². The van der Waals surface area contributed by atoms with Crippen molar-refractivity contribution in [1.29, 1.82) is 0 Å². The largest absolute Gasteiger partial charge is 0.497 e. The molecule has 2 aromatic rings. The second-order valence-corrected chi connectivity index (χ2v) is 9.27. The van der Waals surface area contributed by atoms with Gasteiger partial charge in [0.25, 0.3) is 5.91 Å². The number of imide groups is 1. The highest BCUT2D eigenvalue weighted by molar-refractivity contribution is 6.11. The van der Waals surface area contributed by atoms with Crippen LogP contribution in [-0.2, 0) is 15.1 Å². The standard InChI is InChI=1S/C26H31N3O5/c1-17-13-18(2)15-28(14-17)23(30)16-29-24(31)26(27-25(29)32,19-5-9-21(33-3)10-6-19)20-7-11-22(34-4)12-8-20/h5-12,17-18H,13-16H2,1-4H3,(H,27,32). The molecule has 2 unspecified atom stereocenters. The number of hydrogen-bond acceptors (Lipinski definition) is 5. The molecule has 8 heteroatoms. The molecule has 8 nitrogen and oxygen atoms in total. The highest BCUT2D eigenvalue weighted by Crippen LogP contribution is 2.37. The zero-order valence-corrected chi connectivity index (χ0v) is 20.0. The zero-order valence-electron chi connectivity index (χ0n) is 20.0. The molecule has 0 aliphatic carbocycles. The van der Waals surface area contributed by atoms with Crippen LogP contribution in [0.25, 0.3) is 0 Å². The minimum atomic E-state index is -1.46. The molecular formula is C26H31N3O5. The minimum absolute atomic E-state index is 0.220. The fourth-order valence-corrected chi connectivity index (χ4v) is 5.06. The van der Waals surface area contributed by atoms with E-state index in [-0.39, 0.29) is 12.5 Å². The molecule has 0 radical (unpaired) electrons. The van der Waals surface area contributed by atoms with Gasteiger partial charge >= 0.3 is 6.03 Å². The Morgan fingerprint density at radius 2 is 1.38 bits per heavy atom. The van der Waals surface area contributed by atoms with Crippen molar-refractivity contribution in [1.82, 2.24) is 15.1 Å². The van der Waals surface area contributed by atoms with Crippen LogP contribution in [-0.4, -0.2) is 61.5 Å². The van der Waals surface area contributed by atoms with Crippen molar-refractivity contribution in [3.63, 3.8) is 0 Å². The lowest BCUT2D eigenvalue weighted by molar-refractivity contribution is -0.140. The first-order valence-corrected chi connectivity index (χ1v) is 11.5. The first-order chi connectivity index (χ1) is 16.3. The van der Waals surface area contributed by atoms with E-state index in [4.69, 9.17) is 9.47 Å². The van der Waals surface area contributed by atoms with Gasteiger partial charge in [0.2, 0.25) is 5.91 Å². The molecule has 0 bridgehead atoms. The van der Waals surface area contributed by atoms with Crippen molar-refractivity contribution in [2.24, 2.45) is 11.8 Å². The molecular weight excluding hydrogens is 434 g/mol. The van der Waals surface area contributed by atoms with E-state index < -0.39 is 17.5 Å². The van der Waals surface area contributed by atoms with E-state index in [1.165, 1.54) is 0 Å². The number of nitrogens with zero attached hydrogens (tertiary/aromatic N) is 2. The highest BCUT2D eigenvalue weighted by atomic mass is 16.5. The van der Waals surface area contributed by atoms with E-state index in [0.717, 1.165) is 11.3 Å². The molecule has 34 heavy (non-hydrogen) atoms. The van der Waals surface area contributed by atoms with Gasteiger partial charge in [0.05, 0.1) is 14.2 Å². The second kappa shape index (κ2) is 9.37. The Morgan fingerprint density at radius 1 is 0.912 bits per heavy atom. The average molecular weight is 466 g/mol. The van der Waals surface area contributed by atoms with Crippen molar-refractivity contribution in [2.75, 3.05) is 33.9 Å². The molecule has 2 fully saturated rings. The molecule has 2 aliphatic rings. The van der Waals surface area contributed by atoms with E-state index in [1.54, 1.807) is 67.7 Å². The van der Waals surface area contributed by atoms with Crippen molar-refractivity contribution < 1.29 is 23.9 Å². The number of rotatable bonds is 6. The van der Waals surface area contributed by atoms with Gasteiger partial charge < -0.3 is 19.7 Å². The van der Waals surface area contributed by atoms with Crippen LogP contribution in [0.15, 0.2) is 48.5 Å². The van der Waals surface area contributed by atoms with Crippen LogP contribution in [0.3, 0.4) is 0 Å². The van der Waals surface area contributed by atoms with Gasteiger partial charge in [0.15, 0.2) is 5.54 Å². The molecule has 0 aromatic heterocycles. The van der Waals surface area contributed by atoms with E-state index >= 15 is 0 Å². The first kappa shape index (κ1) is 23.6. The minimum Gasteiger partial charge on any atom is -0.497 e. The van der Waals surface area contributed by atoms with Gasteiger partial charge in [-0.05, 0) is 53.6 Å². The highest BCUT2D eigenvalue weighted by Gasteiger charge is 2.54. The third-order valence-electron chi connectivity index (χ3n) is 6.67. The molecule has 2 aromatic carbocycles. The van der Waals surface area contributed by atoms with Crippen LogP contribution in [0, 0.1) is 11.8 Å². The van der Waals surface area contributed by atoms with Crippen molar-refractivity contribution in [3.8, 4) is 11.5 Å². The van der Waals surface area contributed by atoms with Crippen LogP contribution >= 0.6 is 0 Å². The summed E-state index contributed by atoms with van der Waals surface area (Å²) in [6.45, 7) is 5.20. The molecule has 180 valence electrons. The van der Waals surface area contributed by atoms with Gasteiger partial charge in [0.1, 0.15) is 18.0 Å². The van der Waals surface area contributed by atoms with E-state index in [1.807, 2.05) is 0 Å². The van der Waals surface area contributed by atoms with Crippen molar-refractivity contribution >= 4 is 17.8 Å². The zero-order chi connectivity index (χ0) is 24.5. The predicted octanol–water partition coefficient (Wildman–Crippen LogP) is 3.00. The summed E-state index contributed by atoms with van der Waals surface area (Å²) < 4.78 is 10.5.